The van der Waals surface area contributed by atoms with Gasteiger partial charge in [-0.15, -0.1) is 0 Å². The number of fused-ring (bicyclic) bond motifs is 4. The maximum absolute atomic E-state index is 13.8. The number of carboxylic acid groups (broad SMARTS) is 1. The second kappa shape index (κ2) is 15.9. The van der Waals surface area contributed by atoms with Gasteiger partial charge in [0.05, 0.1) is 38.2 Å². The topological polar surface area (TPSA) is 134 Å². The third-order valence-corrected chi connectivity index (χ3v) is 14.7. The predicted molar refractivity (Wildman–Crippen MR) is 223 cm³/mol. The lowest BCUT2D eigenvalue weighted by Gasteiger charge is -2.28. The van der Waals surface area contributed by atoms with Gasteiger partial charge < -0.3 is 24.9 Å². The number of aliphatic carboxylic acids is 1. The molecule has 2 aromatic carbocycles. The van der Waals surface area contributed by atoms with Gasteiger partial charge in [0.25, 0.3) is 11.8 Å². The van der Waals surface area contributed by atoms with E-state index in [1.54, 1.807) is 12.1 Å². The Bertz CT molecular complexity index is 2220. The van der Waals surface area contributed by atoms with E-state index in [0.717, 1.165) is 126 Å². The molecule has 2 saturated carbocycles. The van der Waals surface area contributed by atoms with Crippen LogP contribution in [0.2, 0.25) is 10.0 Å². The van der Waals surface area contributed by atoms with Gasteiger partial charge in [0.15, 0.2) is 11.6 Å². The second-order valence-corrected chi connectivity index (χ2v) is 17.8. The van der Waals surface area contributed by atoms with E-state index in [1.165, 1.54) is 6.42 Å². The lowest BCUT2D eigenvalue weighted by atomic mass is 9.78. The highest BCUT2D eigenvalue weighted by atomic mass is 35.5. The van der Waals surface area contributed by atoms with Gasteiger partial charge in [0.1, 0.15) is 0 Å². The van der Waals surface area contributed by atoms with Crippen molar-refractivity contribution in [1.82, 2.24) is 24.0 Å². The standard InChI is InChI=1S/C44H53Cl2N7O4/c1-4-53-24-18-35-33(25-53)48-39(52(35)3)41(55)50-32-15-7-12-29(37(32)46)28-11-6-14-31(36(28)45)49-40(54)38-47-30-13-5-9-27(16-17-34(30)51(38)2)10-8-19-43-20-22-44(26-43,23-21-43)42(56)57/h6-7,11-12,14-15,27H,4-5,8-10,13,16-26H2,1-3H3,(H,49,54)(H,50,55)(H,56,57). The Labute approximate surface area is 344 Å². The van der Waals surface area contributed by atoms with Gasteiger partial charge in [-0.2, -0.15) is 0 Å². The number of imidazole rings is 2. The van der Waals surface area contributed by atoms with Crippen LogP contribution in [0, 0.1) is 16.7 Å². The minimum atomic E-state index is -0.587. The largest absolute Gasteiger partial charge is 0.481 e. The highest BCUT2D eigenvalue weighted by Gasteiger charge is 2.57. The zero-order valence-corrected chi connectivity index (χ0v) is 34.7. The summed E-state index contributed by atoms with van der Waals surface area (Å²) in [6.45, 7) is 4.71. The molecule has 2 amide bonds. The van der Waals surface area contributed by atoms with Crippen molar-refractivity contribution >= 4 is 52.4 Å². The Kier molecular flexibility index (Phi) is 11.0. The number of carboxylic acids is 1. The minimum absolute atomic E-state index is 0.242. The van der Waals surface area contributed by atoms with Crippen LogP contribution in [0.25, 0.3) is 11.1 Å². The SMILES string of the molecule is CCN1CCc2c(nc(C(=O)Nc3cccc(-c4cccc(NC(=O)c5nc6c(n5C)CCC(CCCC57CCC(C(=O)O)(CC5)C7)CCC6)c4Cl)c3Cl)n2C)C1. The van der Waals surface area contributed by atoms with Crippen LogP contribution in [-0.4, -0.2) is 60.0 Å². The quantitative estimate of drug-likeness (QED) is 0.138. The van der Waals surface area contributed by atoms with Gasteiger partial charge in [0, 0.05) is 56.1 Å². The molecule has 3 N–H and O–H groups in total. The Morgan fingerprint density at radius 1 is 0.825 bits per heavy atom. The van der Waals surface area contributed by atoms with E-state index in [9.17, 15) is 19.5 Å². The summed E-state index contributed by atoms with van der Waals surface area (Å²) in [5.41, 5.74) is 5.99. The predicted octanol–water partition coefficient (Wildman–Crippen LogP) is 9.10. The summed E-state index contributed by atoms with van der Waals surface area (Å²) in [6.07, 6.45) is 13.9. The Morgan fingerprint density at radius 2 is 1.42 bits per heavy atom. The first kappa shape index (κ1) is 39.6. The van der Waals surface area contributed by atoms with Crippen molar-refractivity contribution in [3.63, 3.8) is 0 Å². The van der Waals surface area contributed by atoms with Crippen molar-refractivity contribution in [3.05, 3.63) is 80.9 Å². The van der Waals surface area contributed by atoms with Crippen molar-refractivity contribution in [2.45, 2.75) is 103 Å². The van der Waals surface area contributed by atoms with Crippen LogP contribution in [0.15, 0.2) is 36.4 Å². The van der Waals surface area contributed by atoms with Crippen LogP contribution in [0.3, 0.4) is 0 Å². The fourth-order valence-corrected chi connectivity index (χ4v) is 11.0. The first-order valence-corrected chi connectivity index (χ1v) is 21.4. The summed E-state index contributed by atoms with van der Waals surface area (Å²) in [7, 11) is 3.80. The minimum Gasteiger partial charge on any atom is -0.481 e. The average molecular weight is 815 g/mol. The van der Waals surface area contributed by atoms with Crippen LogP contribution in [-0.2, 0) is 44.7 Å². The first-order valence-electron chi connectivity index (χ1n) is 20.7. The van der Waals surface area contributed by atoms with E-state index >= 15 is 0 Å². The molecule has 11 nitrogen and oxygen atoms in total. The lowest BCUT2D eigenvalue weighted by Crippen LogP contribution is -2.30. The third-order valence-electron chi connectivity index (χ3n) is 13.8. The Balaban J connectivity index is 0.917. The number of amides is 2. The number of anilines is 2. The number of hydrogen-bond donors (Lipinski definition) is 3. The molecular formula is C44H53Cl2N7O4. The molecule has 4 aliphatic rings. The fraction of sp³-hybridized carbons (Fsp3) is 0.523. The molecule has 0 saturated heterocycles. The molecule has 2 bridgehead atoms. The number of aromatic nitrogens is 4. The van der Waals surface area contributed by atoms with E-state index in [1.807, 2.05) is 47.5 Å². The first-order chi connectivity index (χ1) is 27.4. The molecule has 13 heteroatoms. The number of benzene rings is 2. The number of carbonyl (C=O) groups excluding carboxylic acids is 2. The highest BCUT2D eigenvalue weighted by molar-refractivity contribution is 6.40. The molecule has 3 aliphatic carbocycles. The van der Waals surface area contributed by atoms with Gasteiger partial charge in [0.2, 0.25) is 0 Å². The molecule has 302 valence electrons. The number of likely N-dealkylation sites (N-methyl/N-ethyl adjacent to an activating group) is 1. The van der Waals surface area contributed by atoms with Gasteiger partial charge in [-0.1, -0.05) is 73.7 Å². The van der Waals surface area contributed by atoms with E-state index in [4.69, 9.17) is 33.2 Å². The molecular weight excluding hydrogens is 761 g/mol. The van der Waals surface area contributed by atoms with Crippen LogP contribution in [0.5, 0.6) is 0 Å². The van der Waals surface area contributed by atoms with Crippen LogP contribution >= 0.6 is 23.2 Å². The summed E-state index contributed by atoms with van der Waals surface area (Å²) < 4.78 is 3.81. The average Bonchev–Trinajstić information content (AvgIpc) is 3.94. The van der Waals surface area contributed by atoms with Gasteiger partial charge in [-0.05, 0) is 94.2 Å². The molecule has 4 aromatic rings. The number of carbonyl (C=O) groups is 3. The summed E-state index contributed by atoms with van der Waals surface area (Å²) in [5.74, 6) is 0.0329. The molecule has 2 fully saturated rings. The zero-order valence-electron chi connectivity index (χ0n) is 33.2. The summed E-state index contributed by atoms with van der Waals surface area (Å²) in [5, 5.41) is 16.4. The molecule has 1 unspecified atom stereocenters. The van der Waals surface area contributed by atoms with Crippen molar-refractivity contribution in [3.8, 4) is 11.1 Å². The van der Waals surface area contributed by atoms with Crippen molar-refractivity contribution in [1.29, 1.82) is 0 Å². The van der Waals surface area contributed by atoms with E-state index in [-0.39, 0.29) is 17.2 Å². The molecule has 2 aromatic heterocycles. The molecule has 0 radical (unpaired) electrons. The van der Waals surface area contributed by atoms with Gasteiger partial charge in [-0.25, -0.2) is 9.97 Å². The van der Waals surface area contributed by atoms with Crippen molar-refractivity contribution in [2.75, 3.05) is 23.7 Å². The van der Waals surface area contributed by atoms with E-state index < -0.39 is 11.4 Å². The van der Waals surface area contributed by atoms with Crippen molar-refractivity contribution < 1.29 is 19.5 Å². The second-order valence-electron chi connectivity index (χ2n) is 17.1. The molecule has 0 spiro atoms. The molecule has 1 atom stereocenters. The van der Waals surface area contributed by atoms with Crippen LogP contribution < -0.4 is 10.6 Å². The maximum Gasteiger partial charge on any atom is 0.309 e. The van der Waals surface area contributed by atoms with Gasteiger partial charge >= 0.3 is 5.97 Å². The number of nitrogens with one attached hydrogen (secondary N) is 2. The zero-order chi connectivity index (χ0) is 40.1. The van der Waals surface area contributed by atoms with Crippen LogP contribution in [0.1, 0.15) is 122 Å². The summed E-state index contributed by atoms with van der Waals surface area (Å²) in [6, 6.07) is 10.8. The third kappa shape index (κ3) is 7.51. The molecule has 1 aliphatic heterocycles. The number of hydrogen-bond acceptors (Lipinski definition) is 6. The summed E-state index contributed by atoms with van der Waals surface area (Å²) >= 11 is 14.0. The maximum atomic E-state index is 13.8. The number of aryl methyl sites for hydroxylation is 1. The Morgan fingerprint density at radius 3 is 2.00 bits per heavy atom. The Hall–Kier alpha value is -4.19. The summed E-state index contributed by atoms with van der Waals surface area (Å²) in [4.78, 5) is 51.1. The van der Waals surface area contributed by atoms with E-state index in [2.05, 4.69) is 22.5 Å². The van der Waals surface area contributed by atoms with E-state index in [0.29, 0.717) is 50.1 Å². The molecule has 8 rings (SSSR count). The van der Waals surface area contributed by atoms with Crippen molar-refractivity contribution in [2.24, 2.45) is 30.8 Å². The molecule has 3 heterocycles. The smallest absolute Gasteiger partial charge is 0.309 e. The number of nitrogens with zero attached hydrogens (tertiary/aromatic N) is 5. The fourth-order valence-electron chi connectivity index (χ4n) is 10.4. The van der Waals surface area contributed by atoms with Gasteiger partial charge in [-0.3, -0.25) is 19.3 Å². The normalized spacial score (nSPS) is 23.1. The number of halogens is 2. The highest BCUT2D eigenvalue weighted by Crippen LogP contribution is 2.63. The molecule has 57 heavy (non-hydrogen) atoms. The van der Waals surface area contributed by atoms with Crippen LogP contribution in [0.4, 0.5) is 11.4 Å². The monoisotopic (exact) mass is 813 g/mol. The lowest BCUT2D eigenvalue weighted by molar-refractivity contribution is -0.148. The number of rotatable bonds is 11.